The number of anilines is 1. The molecule has 12 nitrogen and oxygen atoms in total. The van der Waals surface area contributed by atoms with Gasteiger partial charge in [0.1, 0.15) is 6.61 Å². The first-order valence-electron chi connectivity index (χ1n) is 14.6. The molecule has 4 heterocycles. The molecule has 2 aromatic carbocycles. The molecule has 8 N–H and O–H groups in total. The molecule has 45 heavy (non-hydrogen) atoms. The highest BCUT2D eigenvalue weighted by atomic mass is 16.6. The second-order valence-electron chi connectivity index (χ2n) is 11.6. The van der Waals surface area contributed by atoms with Crippen LogP contribution in [0.1, 0.15) is 52.3 Å². The second-order valence-corrected chi connectivity index (χ2v) is 11.6. The van der Waals surface area contributed by atoms with Crippen LogP contribution in [0.25, 0.3) is 28.0 Å². The van der Waals surface area contributed by atoms with Gasteiger partial charge in [-0.3, -0.25) is 9.59 Å². The number of cyclic esters (lactones) is 1. The van der Waals surface area contributed by atoms with Crippen molar-refractivity contribution in [3.63, 3.8) is 0 Å². The Morgan fingerprint density at radius 1 is 1.16 bits per heavy atom. The van der Waals surface area contributed by atoms with E-state index in [0.29, 0.717) is 28.3 Å². The van der Waals surface area contributed by atoms with Crippen molar-refractivity contribution < 1.29 is 19.4 Å². The monoisotopic (exact) mass is 609 g/mol. The van der Waals surface area contributed by atoms with E-state index < -0.39 is 11.6 Å². The molecule has 0 saturated carbocycles. The number of benzene rings is 2. The number of hydrogen-bond acceptors (Lipinski definition) is 10. The summed E-state index contributed by atoms with van der Waals surface area (Å²) in [5, 5.41) is 16.3. The van der Waals surface area contributed by atoms with Gasteiger partial charge in [0.2, 0.25) is 5.91 Å². The van der Waals surface area contributed by atoms with Crippen LogP contribution in [0, 0.1) is 13.8 Å². The van der Waals surface area contributed by atoms with Crippen molar-refractivity contribution in [2.45, 2.75) is 52.5 Å². The summed E-state index contributed by atoms with van der Waals surface area (Å²) < 4.78 is 6.83. The molecule has 1 atom stereocenters. The van der Waals surface area contributed by atoms with Gasteiger partial charge in [0.05, 0.1) is 47.8 Å². The Balaban J connectivity index is 1.43. The highest BCUT2D eigenvalue weighted by Gasteiger charge is 2.45. The summed E-state index contributed by atoms with van der Waals surface area (Å²) in [6, 6.07) is 12.8. The number of hydrazine groups is 1. The number of aliphatic hydroxyl groups is 1. The van der Waals surface area contributed by atoms with Crippen molar-refractivity contribution in [3.05, 3.63) is 98.0 Å². The number of aromatic nitrogens is 2. The predicted molar refractivity (Wildman–Crippen MR) is 170 cm³/mol. The maximum atomic E-state index is 13.8. The molecule has 2 aromatic heterocycles. The Morgan fingerprint density at radius 2 is 1.87 bits per heavy atom. The number of aryl methyl sites for hydroxylation is 2. The Bertz CT molecular complexity index is 1980. The van der Waals surface area contributed by atoms with E-state index >= 15 is 0 Å². The summed E-state index contributed by atoms with van der Waals surface area (Å²) in [6.45, 7) is 5.88. The molecular weight excluding hydrogens is 574 g/mol. The number of rotatable bonds is 7. The van der Waals surface area contributed by atoms with Gasteiger partial charge in [0.15, 0.2) is 5.60 Å². The summed E-state index contributed by atoms with van der Waals surface area (Å²) >= 11 is 0. The molecular formula is C33H35N7O5. The van der Waals surface area contributed by atoms with E-state index in [9.17, 15) is 19.5 Å². The van der Waals surface area contributed by atoms with E-state index in [2.05, 4.69) is 11.4 Å². The molecule has 0 unspecified atom stereocenters. The third-order valence-electron chi connectivity index (χ3n) is 8.75. The summed E-state index contributed by atoms with van der Waals surface area (Å²) in [4.78, 5) is 43.0. The number of ether oxygens (including phenoxy) is 1. The lowest BCUT2D eigenvalue weighted by Gasteiger charge is -2.31. The molecule has 2 aliphatic heterocycles. The van der Waals surface area contributed by atoms with Crippen LogP contribution in [0.5, 0.6) is 0 Å². The molecule has 0 spiro atoms. The van der Waals surface area contributed by atoms with Gasteiger partial charge in [-0.2, -0.15) is 0 Å². The van der Waals surface area contributed by atoms with Crippen LogP contribution in [0.4, 0.5) is 5.69 Å². The van der Waals surface area contributed by atoms with Crippen molar-refractivity contribution in [3.8, 4) is 11.4 Å². The van der Waals surface area contributed by atoms with Crippen LogP contribution in [-0.4, -0.2) is 38.1 Å². The number of carbonyl (C=O) groups excluding carboxylic acids is 2. The van der Waals surface area contributed by atoms with Gasteiger partial charge in [-0.1, -0.05) is 19.1 Å². The maximum Gasteiger partial charge on any atom is 0.343 e. The zero-order chi connectivity index (χ0) is 32.2. The molecule has 0 bridgehead atoms. The van der Waals surface area contributed by atoms with E-state index in [0.717, 1.165) is 33.2 Å². The highest BCUT2D eigenvalue weighted by molar-refractivity contribution is 5.92. The number of nitrogens with two attached hydrogens (primary N) is 3. The third-order valence-corrected chi connectivity index (χ3v) is 8.75. The Hall–Kier alpha value is -5.04. The number of amides is 1. The van der Waals surface area contributed by atoms with Gasteiger partial charge in [-0.05, 0) is 72.9 Å². The van der Waals surface area contributed by atoms with Gasteiger partial charge >= 0.3 is 5.97 Å². The van der Waals surface area contributed by atoms with Crippen LogP contribution in [0.3, 0.4) is 0 Å². The van der Waals surface area contributed by atoms with Crippen LogP contribution in [0.15, 0.2) is 53.5 Å². The zero-order valence-electron chi connectivity index (χ0n) is 25.3. The lowest BCUT2D eigenvalue weighted by molar-refractivity contribution is -0.172. The smallest absolute Gasteiger partial charge is 0.343 e. The molecule has 0 radical (unpaired) electrons. The maximum absolute atomic E-state index is 13.8. The fraction of sp³-hybridized carbons (Fsp3) is 0.273. The highest BCUT2D eigenvalue weighted by Crippen LogP contribution is 2.40. The zero-order valence-corrected chi connectivity index (χ0v) is 25.3. The van der Waals surface area contributed by atoms with Crippen LogP contribution in [-0.2, 0) is 39.6 Å². The number of esters is 1. The molecule has 232 valence electrons. The molecule has 1 amide bonds. The standard InChI is InChI=1S/C33H35N7O5/c1-4-33(44)25-11-28-30-23(14-40(28)31(42)24(25)16-45-32(33)43)22(21-9-17(2)18(3)10-27(21)38-30)13-39(36)15-26(35)19-5-7-20(8-6-19)37-29(41)12-34/h5-11,15,44H,4,12-14,16,34-36H2,1-3H3,(H,37,41)/b26-15-/t33-/m0/s1. The molecule has 6 rings (SSSR count). The van der Waals surface area contributed by atoms with E-state index in [-0.39, 0.29) is 55.3 Å². The van der Waals surface area contributed by atoms with E-state index in [4.69, 9.17) is 27.0 Å². The molecule has 12 heteroatoms. The lowest BCUT2D eigenvalue weighted by atomic mass is 9.86. The van der Waals surface area contributed by atoms with Crippen molar-refractivity contribution in [2.75, 3.05) is 11.9 Å². The minimum Gasteiger partial charge on any atom is -0.458 e. The number of pyridine rings is 2. The number of nitrogens with zero attached hydrogens (tertiary/aromatic N) is 3. The summed E-state index contributed by atoms with van der Waals surface area (Å²) in [5.41, 5.74) is 17.5. The van der Waals surface area contributed by atoms with E-state index in [1.165, 1.54) is 5.01 Å². The fourth-order valence-corrected chi connectivity index (χ4v) is 6.04. The predicted octanol–water partition coefficient (Wildman–Crippen LogP) is 2.23. The van der Waals surface area contributed by atoms with Crippen LogP contribution < -0.4 is 28.2 Å². The van der Waals surface area contributed by atoms with E-state index in [1.54, 1.807) is 48.0 Å². The first-order valence-corrected chi connectivity index (χ1v) is 14.6. The quantitative estimate of drug-likeness (QED) is 0.104. The Morgan fingerprint density at radius 3 is 2.56 bits per heavy atom. The lowest BCUT2D eigenvalue weighted by Crippen LogP contribution is -2.44. The normalized spacial score (nSPS) is 17.0. The SMILES string of the molecule is CC[C@@]1(O)C(=O)OCc2c1cc1n(c2=O)Cc2c-1nc1cc(C)c(C)cc1c2CN(N)/C=C(\N)c1ccc(NC(=O)CN)cc1. The summed E-state index contributed by atoms with van der Waals surface area (Å²) in [6.07, 6.45) is 1.69. The Labute approximate surface area is 259 Å². The minimum atomic E-state index is -1.91. The number of fused-ring (bicyclic) bond motifs is 5. The van der Waals surface area contributed by atoms with Gasteiger partial charge in [0, 0.05) is 28.4 Å². The summed E-state index contributed by atoms with van der Waals surface area (Å²) in [7, 11) is 0. The topological polar surface area (TPSA) is 192 Å². The summed E-state index contributed by atoms with van der Waals surface area (Å²) in [5.74, 6) is 5.48. The number of carbonyl (C=O) groups is 2. The van der Waals surface area contributed by atoms with Crippen molar-refractivity contribution in [1.82, 2.24) is 14.6 Å². The first-order chi connectivity index (χ1) is 21.4. The number of nitrogens with one attached hydrogen (secondary N) is 1. The van der Waals surface area contributed by atoms with Crippen LogP contribution in [0.2, 0.25) is 0 Å². The van der Waals surface area contributed by atoms with Crippen molar-refractivity contribution in [1.29, 1.82) is 0 Å². The average Bonchev–Trinajstić information content (AvgIpc) is 3.39. The van der Waals surface area contributed by atoms with Crippen molar-refractivity contribution >= 4 is 34.2 Å². The van der Waals surface area contributed by atoms with Gasteiger partial charge < -0.3 is 36.2 Å². The second kappa shape index (κ2) is 11.1. The molecule has 2 aliphatic rings. The largest absolute Gasteiger partial charge is 0.458 e. The fourth-order valence-electron chi connectivity index (χ4n) is 6.04. The molecule has 4 aromatic rings. The third kappa shape index (κ3) is 5.02. The van der Waals surface area contributed by atoms with Gasteiger partial charge in [0.25, 0.3) is 5.56 Å². The average molecular weight is 610 g/mol. The number of hydrogen-bond donors (Lipinski definition) is 5. The van der Waals surface area contributed by atoms with E-state index in [1.807, 2.05) is 19.9 Å². The molecule has 0 saturated heterocycles. The first kappa shape index (κ1) is 30.0. The molecule has 0 fully saturated rings. The molecule has 0 aliphatic carbocycles. The van der Waals surface area contributed by atoms with Gasteiger partial charge in [-0.25, -0.2) is 15.6 Å². The Kier molecular flexibility index (Phi) is 7.43. The minimum absolute atomic E-state index is 0.0599. The van der Waals surface area contributed by atoms with Crippen molar-refractivity contribution in [2.24, 2.45) is 17.3 Å². The van der Waals surface area contributed by atoms with Gasteiger partial charge in [-0.15, -0.1) is 0 Å². The van der Waals surface area contributed by atoms with Crippen LogP contribution >= 0.6 is 0 Å².